The maximum atomic E-state index is 14.1. The minimum Gasteiger partial charge on any atom is -0.384 e. The Morgan fingerprint density at radius 3 is 2.53 bits per heavy atom. The molecule has 19 heavy (non-hydrogen) atoms. The van der Waals surface area contributed by atoms with Gasteiger partial charge in [0.2, 0.25) is 0 Å². The molecule has 0 fully saturated rings. The first-order valence-electron chi connectivity index (χ1n) is 5.50. The Morgan fingerprint density at radius 1 is 1.16 bits per heavy atom. The van der Waals surface area contributed by atoms with Gasteiger partial charge in [-0.2, -0.15) is 0 Å². The molecule has 100 valence electrons. The van der Waals surface area contributed by atoms with Gasteiger partial charge in [0.05, 0.1) is 5.02 Å². The third kappa shape index (κ3) is 2.87. The lowest BCUT2D eigenvalue weighted by Gasteiger charge is -2.16. The predicted molar refractivity (Wildman–Crippen MR) is 82.1 cm³/mol. The first kappa shape index (κ1) is 15.0. The van der Waals surface area contributed by atoms with Gasteiger partial charge in [-0.3, -0.25) is 0 Å². The van der Waals surface area contributed by atoms with E-state index >= 15 is 0 Å². The number of hydrogen-bond donors (Lipinski definition) is 1. The molecule has 1 N–H and O–H groups in total. The second kappa shape index (κ2) is 5.92. The number of halogens is 4. The summed E-state index contributed by atoms with van der Waals surface area (Å²) < 4.78 is 15.3. The van der Waals surface area contributed by atoms with Crippen molar-refractivity contribution in [2.45, 2.75) is 13.0 Å². The van der Waals surface area contributed by atoms with Crippen molar-refractivity contribution in [3.8, 4) is 0 Å². The molecular weight excluding hydrogens is 398 g/mol. The van der Waals surface area contributed by atoms with Crippen molar-refractivity contribution in [2.24, 2.45) is 0 Å². The normalized spacial score (nSPS) is 12.5. The largest absolute Gasteiger partial charge is 0.384 e. The van der Waals surface area contributed by atoms with Crippen LogP contribution in [0.15, 0.2) is 39.3 Å². The highest BCUT2D eigenvalue weighted by Crippen LogP contribution is 2.35. The maximum absolute atomic E-state index is 14.1. The average Bonchev–Trinajstić information content (AvgIpc) is 2.39. The third-order valence-corrected chi connectivity index (χ3v) is 5.22. The summed E-state index contributed by atoms with van der Waals surface area (Å²) in [7, 11) is 0. The smallest absolute Gasteiger partial charge is 0.149 e. The van der Waals surface area contributed by atoms with E-state index in [2.05, 4.69) is 31.9 Å². The fourth-order valence-electron chi connectivity index (χ4n) is 1.80. The number of rotatable bonds is 2. The standard InChI is InChI=1S/C14H10Br2ClFO/c1-7-3-2-4-8(11(7)16)14(19)9-5-6-10(15)12(17)13(9)18/h2-6,14,19H,1H3. The Labute approximate surface area is 132 Å². The Morgan fingerprint density at radius 2 is 1.84 bits per heavy atom. The van der Waals surface area contributed by atoms with Crippen molar-refractivity contribution in [2.75, 3.05) is 0 Å². The van der Waals surface area contributed by atoms with Crippen LogP contribution in [0.5, 0.6) is 0 Å². The van der Waals surface area contributed by atoms with Gasteiger partial charge < -0.3 is 5.11 Å². The second-order valence-electron chi connectivity index (χ2n) is 4.15. The van der Waals surface area contributed by atoms with E-state index in [4.69, 9.17) is 11.6 Å². The Hall–Kier alpha value is -0.420. The van der Waals surface area contributed by atoms with Gasteiger partial charge in [0.25, 0.3) is 0 Å². The van der Waals surface area contributed by atoms with Crippen molar-refractivity contribution >= 4 is 43.5 Å². The van der Waals surface area contributed by atoms with E-state index in [9.17, 15) is 9.50 Å². The van der Waals surface area contributed by atoms with Gasteiger partial charge in [-0.15, -0.1) is 0 Å². The fraction of sp³-hybridized carbons (Fsp3) is 0.143. The summed E-state index contributed by atoms with van der Waals surface area (Å²) in [6, 6.07) is 8.61. The average molecular weight is 408 g/mol. The molecule has 0 aliphatic heterocycles. The second-order valence-corrected chi connectivity index (χ2v) is 6.17. The lowest BCUT2D eigenvalue weighted by molar-refractivity contribution is 0.214. The van der Waals surface area contributed by atoms with E-state index in [0.29, 0.717) is 10.0 Å². The monoisotopic (exact) mass is 406 g/mol. The zero-order valence-corrected chi connectivity index (χ0v) is 13.9. The molecule has 0 amide bonds. The van der Waals surface area contributed by atoms with E-state index in [-0.39, 0.29) is 10.6 Å². The van der Waals surface area contributed by atoms with Crippen LogP contribution in [0.25, 0.3) is 0 Å². The molecular formula is C14H10Br2ClFO. The minimum absolute atomic E-state index is 0.0275. The summed E-state index contributed by atoms with van der Waals surface area (Å²) in [5, 5.41) is 10.3. The number of benzene rings is 2. The van der Waals surface area contributed by atoms with E-state index in [0.717, 1.165) is 10.0 Å². The SMILES string of the molecule is Cc1cccc(C(O)c2ccc(Br)c(Cl)c2F)c1Br. The van der Waals surface area contributed by atoms with Crippen LogP contribution in [0.3, 0.4) is 0 Å². The zero-order valence-electron chi connectivity index (χ0n) is 9.92. The molecule has 1 atom stereocenters. The Bertz CT molecular complexity index is 631. The molecule has 1 nitrogen and oxygen atoms in total. The van der Waals surface area contributed by atoms with Crippen molar-refractivity contribution < 1.29 is 9.50 Å². The summed E-state index contributed by atoms with van der Waals surface area (Å²) in [6.07, 6.45) is -1.07. The first-order valence-corrected chi connectivity index (χ1v) is 7.46. The molecule has 2 aromatic carbocycles. The van der Waals surface area contributed by atoms with Crippen LogP contribution in [0, 0.1) is 12.7 Å². The molecule has 0 saturated heterocycles. The molecule has 0 saturated carbocycles. The van der Waals surface area contributed by atoms with Crippen LogP contribution in [0.4, 0.5) is 4.39 Å². The number of aryl methyl sites for hydroxylation is 1. The molecule has 0 aliphatic carbocycles. The Kier molecular flexibility index (Phi) is 4.66. The van der Waals surface area contributed by atoms with Gasteiger partial charge in [-0.25, -0.2) is 4.39 Å². The lowest BCUT2D eigenvalue weighted by Crippen LogP contribution is -2.04. The number of hydrogen-bond acceptors (Lipinski definition) is 1. The van der Waals surface area contributed by atoms with Crippen LogP contribution >= 0.6 is 43.5 Å². The number of aliphatic hydroxyl groups is 1. The van der Waals surface area contributed by atoms with Gasteiger partial charge in [0.1, 0.15) is 11.9 Å². The minimum atomic E-state index is -1.07. The van der Waals surface area contributed by atoms with Crippen LogP contribution in [-0.2, 0) is 0 Å². The molecule has 2 rings (SSSR count). The van der Waals surface area contributed by atoms with Crippen LogP contribution < -0.4 is 0 Å². The molecule has 0 aromatic heterocycles. The third-order valence-electron chi connectivity index (χ3n) is 2.88. The van der Waals surface area contributed by atoms with E-state index in [1.165, 1.54) is 6.07 Å². The van der Waals surface area contributed by atoms with Crippen molar-refractivity contribution in [1.29, 1.82) is 0 Å². The maximum Gasteiger partial charge on any atom is 0.149 e. The van der Waals surface area contributed by atoms with Gasteiger partial charge in [0, 0.05) is 14.5 Å². The highest BCUT2D eigenvalue weighted by atomic mass is 79.9. The molecule has 0 bridgehead atoms. The highest BCUT2D eigenvalue weighted by Gasteiger charge is 2.20. The lowest BCUT2D eigenvalue weighted by atomic mass is 9.99. The van der Waals surface area contributed by atoms with Gasteiger partial charge in [-0.05, 0) is 40.0 Å². The molecule has 2 aromatic rings. The first-order chi connectivity index (χ1) is 8.93. The topological polar surface area (TPSA) is 20.2 Å². The molecule has 1 unspecified atom stereocenters. The van der Waals surface area contributed by atoms with Crippen LogP contribution in [-0.4, -0.2) is 5.11 Å². The quantitative estimate of drug-likeness (QED) is 0.660. The fourth-order valence-corrected chi connectivity index (χ4v) is 2.76. The molecule has 0 spiro atoms. The van der Waals surface area contributed by atoms with Crippen LogP contribution in [0.1, 0.15) is 22.8 Å². The van der Waals surface area contributed by atoms with Crippen molar-refractivity contribution in [3.05, 3.63) is 66.8 Å². The Balaban J connectivity index is 2.53. The van der Waals surface area contributed by atoms with Crippen molar-refractivity contribution in [1.82, 2.24) is 0 Å². The van der Waals surface area contributed by atoms with E-state index in [1.807, 2.05) is 19.1 Å². The number of aliphatic hydroxyl groups excluding tert-OH is 1. The molecule has 0 aliphatic rings. The van der Waals surface area contributed by atoms with E-state index < -0.39 is 11.9 Å². The van der Waals surface area contributed by atoms with E-state index in [1.54, 1.807) is 12.1 Å². The van der Waals surface area contributed by atoms with Crippen molar-refractivity contribution in [3.63, 3.8) is 0 Å². The molecule has 0 heterocycles. The van der Waals surface area contributed by atoms with Gasteiger partial charge in [-0.1, -0.05) is 51.8 Å². The van der Waals surface area contributed by atoms with Crippen LogP contribution in [0.2, 0.25) is 5.02 Å². The summed E-state index contributed by atoms with van der Waals surface area (Å²) in [4.78, 5) is 0. The molecule has 5 heteroatoms. The molecule has 0 radical (unpaired) electrons. The summed E-state index contributed by atoms with van der Waals surface area (Å²) >= 11 is 12.4. The summed E-state index contributed by atoms with van der Waals surface area (Å²) in [6.45, 7) is 1.91. The van der Waals surface area contributed by atoms with Gasteiger partial charge in [0.15, 0.2) is 0 Å². The van der Waals surface area contributed by atoms with Gasteiger partial charge >= 0.3 is 0 Å². The zero-order chi connectivity index (χ0) is 14.2. The summed E-state index contributed by atoms with van der Waals surface area (Å²) in [5.41, 5.74) is 1.73. The summed E-state index contributed by atoms with van der Waals surface area (Å²) in [5.74, 6) is -0.614. The highest BCUT2D eigenvalue weighted by molar-refractivity contribution is 9.10. The predicted octanol–water partition coefficient (Wildman–Crippen LogP) is 5.39.